The van der Waals surface area contributed by atoms with Crippen molar-refractivity contribution in [1.82, 2.24) is 19.6 Å². The molecule has 1 saturated heterocycles. The van der Waals surface area contributed by atoms with Gasteiger partial charge in [-0.3, -0.25) is 0 Å². The molecule has 1 aromatic carbocycles. The van der Waals surface area contributed by atoms with E-state index in [1.165, 1.54) is 4.31 Å². The largest absolute Gasteiger partial charge is 0.489 e. The zero-order valence-electron chi connectivity index (χ0n) is 19.1. The van der Waals surface area contributed by atoms with Crippen LogP contribution >= 0.6 is 11.6 Å². The Balaban J connectivity index is 1.53. The molecule has 1 aliphatic rings. The Morgan fingerprint density at radius 3 is 2.50 bits per heavy atom. The highest BCUT2D eigenvalue weighted by Crippen LogP contribution is 2.35. The number of hydrogen-bond donors (Lipinski definition) is 2. The van der Waals surface area contributed by atoms with Crippen LogP contribution in [0.2, 0.25) is 5.02 Å². The summed E-state index contributed by atoms with van der Waals surface area (Å²) in [7, 11) is -3.78. The van der Waals surface area contributed by atoms with Crippen LogP contribution in [0.25, 0.3) is 0 Å². The van der Waals surface area contributed by atoms with Gasteiger partial charge in [-0.2, -0.15) is 13.2 Å². The van der Waals surface area contributed by atoms with Gasteiger partial charge in [-0.1, -0.05) is 11.6 Å². The van der Waals surface area contributed by atoms with Crippen LogP contribution in [0.4, 0.5) is 18.0 Å². The molecule has 1 aliphatic heterocycles. The lowest BCUT2D eigenvalue weighted by atomic mass is 10.1. The Kier molecular flexibility index (Phi) is 9.36. The van der Waals surface area contributed by atoms with Gasteiger partial charge >= 0.3 is 12.3 Å². The van der Waals surface area contributed by atoms with Crippen molar-refractivity contribution in [3.63, 3.8) is 0 Å². The van der Waals surface area contributed by atoms with Gasteiger partial charge in [0.05, 0.1) is 16.3 Å². The third kappa shape index (κ3) is 8.20. The van der Waals surface area contributed by atoms with Gasteiger partial charge in [0.25, 0.3) is 0 Å². The fraction of sp³-hybridized carbons (Fsp3) is 0.500. The number of sulfonamides is 1. The molecular weight excluding hydrogens is 525 g/mol. The molecule has 36 heavy (non-hydrogen) atoms. The summed E-state index contributed by atoms with van der Waals surface area (Å²) >= 11 is 5.94. The number of rotatable bonds is 10. The van der Waals surface area contributed by atoms with Crippen LogP contribution in [-0.4, -0.2) is 64.9 Å². The number of benzene rings is 1. The highest BCUT2D eigenvalue weighted by molar-refractivity contribution is 7.89. The lowest BCUT2D eigenvalue weighted by Gasteiger charge is -2.32. The maximum Gasteiger partial charge on any atom is 0.416 e. The number of hydrogen-bond acceptors (Lipinski definition) is 6. The first-order valence-corrected chi connectivity index (χ1v) is 13.2. The molecule has 0 spiro atoms. The molecule has 0 aliphatic carbocycles. The molecule has 9 nitrogen and oxygen atoms in total. The molecular formula is C22H26ClF3N4O5S. The molecule has 0 radical (unpaired) electrons. The molecule has 2 aromatic rings. The average Bonchev–Trinajstić information content (AvgIpc) is 2.80. The van der Waals surface area contributed by atoms with Crippen LogP contribution in [0.15, 0.2) is 36.7 Å². The number of aromatic nitrogens is 2. The first-order chi connectivity index (χ1) is 16.9. The van der Waals surface area contributed by atoms with Crippen molar-refractivity contribution >= 4 is 27.7 Å². The third-order valence-corrected chi connectivity index (χ3v) is 7.93. The number of nitrogens with one attached hydrogen (secondary N) is 1. The summed E-state index contributed by atoms with van der Waals surface area (Å²) in [6.07, 6.45) is -1.20. The molecule has 2 N–H and O–H groups in total. The smallest absolute Gasteiger partial charge is 0.416 e. The second-order valence-electron chi connectivity index (χ2n) is 8.34. The number of piperidine rings is 1. The number of carbonyl (C=O) groups is 1. The minimum Gasteiger partial charge on any atom is -0.489 e. The Morgan fingerprint density at radius 2 is 1.92 bits per heavy atom. The van der Waals surface area contributed by atoms with E-state index >= 15 is 0 Å². The summed E-state index contributed by atoms with van der Waals surface area (Å²) in [5.74, 6) is 0.286. The molecule has 14 heteroatoms. The predicted octanol–water partition coefficient (Wildman–Crippen LogP) is 3.98. The van der Waals surface area contributed by atoms with Crippen molar-refractivity contribution in [2.24, 2.45) is 0 Å². The molecule has 1 unspecified atom stereocenters. The fourth-order valence-electron chi connectivity index (χ4n) is 3.88. The molecule has 198 valence electrons. The number of amides is 1. The van der Waals surface area contributed by atoms with E-state index in [0.29, 0.717) is 31.5 Å². The number of halogens is 4. The molecule has 1 amide bonds. The van der Waals surface area contributed by atoms with Gasteiger partial charge in [-0.25, -0.2) is 27.5 Å². The Hall–Kier alpha value is -2.64. The number of nitrogens with zero attached hydrogens (tertiary/aromatic N) is 3. The quantitative estimate of drug-likeness (QED) is 0.459. The summed E-state index contributed by atoms with van der Waals surface area (Å²) in [6, 6.07) is 3.68. The van der Waals surface area contributed by atoms with E-state index in [4.69, 9.17) is 21.4 Å². The summed E-state index contributed by atoms with van der Waals surface area (Å²) in [6.45, 7) is 0.256. The van der Waals surface area contributed by atoms with Crippen LogP contribution < -0.4 is 10.1 Å². The fourth-order valence-corrected chi connectivity index (χ4v) is 5.84. The van der Waals surface area contributed by atoms with Crippen molar-refractivity contribution in [2.45, 2.75) is 50.4 Å². The van der Waals surface area contributed by atoms with Crippen molar-refractivity contribution in [3.8, 4) is 5.75 Å². The first-order valence-electron chi connectivity index (χ1n) is 11.2. The van der Waals surface area contributed by atoms with Crippen molar-refractivity contribution in [1.29, 1.82) is 0 Å². The maximum atomic E-state index is 13.0. The SMILES string of the molecule is O=C(O)NC(CCCc1ncccn1)CS(=O)(=O)N1CCC(Oc2ccc(C(F)(F)F)cc2Cl)CC1. The molecule has 2 heterocycles. The number of alkyl halides is 3. The second kappa shape index (κ2) is 12.1. The van der Waals surface area contributed by atoms with Crippen molar-refractivity contribution in [2.75, 3.05) is 18.8 Å². The molecule has 1 fully saturated rings. The summed E-state index contributed by atoms with van der Waals surface area (Å²) in [5, 5.41) is 11.2. The number of aryl methyl sites for hydroxylation is 1. The summed E-state index contributed by atoms with van der Waals surface area (Å²) in [4.78, 5) is 19.4. The van der Waals surface area contributed by atoms with Gasteiger partial charge < -0.3 is 15.2 Å². The van der Waals surface area contributed by atoms with Gasteiger partial charge in [-0.05, 0) is 49.9 Å². The van der Waals surface area contributed by atoms with Gasteiger partial charge in [-0.15, -0.1) is 0 Å². The number of ether oxygens (including phenoxy) is 1. The van der Waals surface area contributed by atoms with Crippen LogP contribution in [0.5, 0.6) is 5.75 Å². The zero-order chi connectivity index (χ0) is 26.3. The van der Waals surface area contributed by atoms with E-state index in [0.717, 1.165) is 18.2 Å². The lowest BCUT2D eigenvalue weighted by molar-refractivity contribution is -0.137. The molecule has 1 atom stereocenters. The molecule has 0 bridgehead atoms. The van der Waals surface area contributed by atoms with Crippen LogP contribution in [0.3, 0.4) is 0 Å². The van der Waals surface area contributed by atoms with E-state index in [2.05, 4.69) is 15.3 Å². The Bertz CT molecular complexity index is 1130. The van der Waals surface area contributed by atoms with Crippen LogP contribution in [-0.2, 0) is 22.6 Å². The minimum atomic E-state index is -4.52. The van der Waals surface area contributed by atoms with Crippen LogP contribution in [0.1, 0.15) is 37.1 Å². The number of carboxylic acid groups (broad SMARTS) is 1. The van der Waals surface area contributed by atoms with Gasteiger partial charge in [0.15, 0.2) is 0 Å². The minimum absolute atomic E-state index is 0.0964. The Morgan fingerprint density at radius 1 is 1.25 bits per heavy atom. The van der Waals surface area contributed by atoms with Crippen molar-refractivity contribution in [3.05, 3.63) is 53.1 Å². The van der Waals surface area contributed by atoms with Gasteiger partial charge in [0.2, 0.25) is 10.0 Å². The standard InChI is InChI=1S/C22H26ClF3N4O5S/c23-18-13-15(22(24,25)26)5-6-19(18)35-17-7-11-30(12-8-17)36(33,34)14-16(29-21(31)32)3-1-4-20-27-9-2-10-28-20/h2,5-6,9-10,13,16-17,29H,1,3-4,7-8,11-12,14H2,(H,31,32). The lowest BCUT2D eigenvalue weighted by Crippen LogP contribution is -2.47. The molecule has 1 aromatic heterocycles. The van der Waals surface area contributed by atoms with E-state index < -0.39 is 45.8 Å². The average molecular weight is 551 g/mol. The monoisotopic (exact) mass is 550 g/mol. The van der Waals surface area contributed by atoms with Gasteiger partial charge in [0.1, 0.15) is 17.7 Å². The van der Waals surface area contributed by atoms with Crippen LogP contribution in [0, 0.1) is 0 Å². The van der Waals surface area contributed by atoms with E-state index in [1.54, 1.807) is 18.5 Å². The molecule has 0 saturated carbocycles. The third-order valence-electron chi connectivity index (χ3n) is 5.66. The summed E-state index contributed by atoms with van der Waals surface area (Å²) < 4.78 is 71.4. The summed E-state index contributed by atoms with van der Waals surface area (Å²) in [5.41, 5.74) is -0.887. The highest BCUT2D eigenvalue weighted by Gasteiger charge is 2.33. The first kappa shape index (κ1) is 27.9. The highest BCUT2D eigenvalue weighted by atomic mass is 35.5. The van der Waals surface area contributed by atoms with Crippen molar-refractivity contribution < 1.29 is 36.2 Å². The van der Waals surface area contributed by atoms with Gasteiger partial charge in [0, 0.05) is 37.9 Å². The van der Waals surface area contributed by atoms with E-state index in [1.807, 2.05) is 0 Å². The topological polar surface area (TPSA) is 122 Å². The predicted molar refractivity (Wildman–Crippen MR) is 125 cm³/mol. The second-order valence-corrected chi connectivity index (χ2v) is 10.8. The normalized spacial score (nSPS) is 16.4. The Labute approximate surface area is 211 Å². The zero-order valence-corrected chi connectivity index (χ0v) is 20.7. The molecule has 3 rings (SSSR count). The van der Waals surface area contributed by atoms with E-state index in [9.17, 15) is 26.4 Å². The maximum absolute atomic E-state index is 13.0. The van der Waals surface area contributed by atoms with E-state index in [-0.39, 0.29) is 30.3 Å².